The van der Waals surface area contributed by atoms with E-state index in [9.17, 15) is 24.5 Å². The zero-order valence-electron chi connectivity index (χ0n) is 16.9. The van der Waals surface area contributed by atoms with Gasteiger partial charge < -0.3 is 0 Å². The number of hydrazone groups is 1. The number of anilines is 1. The normalized spacial score (nSPS) is 19.5. The summed E-state index contributed by atoms with van der Waals surface area (Å²) in [6, 6.07) is 10.4. The summed E-state index contributed by atoms with van der Waals surface area (Å²) < 4.78 is 0. The van der Waals surface area contributed by atoms with Gasteiger partial charge in [0.15, 0.2) is 0 Å². The third-order valence-electron chi connectivity index (χ3n) is 5.41. The molecule has 1 N–H and O–H groups in total. The average Bonchev–Trinajstić information content (AvgIpc) is 2.93. The molecule has 0 spiro atoms. The third-order valence-corrected chi connectivity index (χ3v) is 6.29. The van der Waals surface area contributed by atoms with Gasteiger partial charge in [0.05, 0.1) is 27.0 Å². The molecule has 0 bridgehead atoms. The standard InChI is InChI=1S/C21H18N4O5S/c1-11-17(22-23-20(28)31-11)13-6-9-16-15(10-13)21(2,3)19(27)24(16)18(26)12-4-7-14(8-5-12)25(29)30/h4-11H,1-3H3,(H,23,28). The third kappa shape index (κ3) is 3.38. The molecule has 158 valence electrons. The zero-order valence-corrected chi connectivity index (χ0v) is 17.7. The van der Waals surface area contributed by atoms with Crippen LogP contribution in [0.1, 0.15) is 42.3 Å². The van der Waals surface area contributed by atoms with Crippen molar-refractivity contribution in [2.45, 2.75) is 31.4 Å². The molecule has 9 nitrogen and oxygen atoms in total. The Morgan fingerprint density at radius 2 is 1.87 bits per heavy atom. The number of hydrogen-bond acceptors (Lipinski definition) is 7. The topological polar surface area (TPSA) is 122 Å². The van der Waals surface area contributed by atoms with Crippen LogP contribution in [-0.4, -0.2) is 32.9 Å². The Hall–Kier alpha value is -3.53. The van der Waals surface area contributed by atoms with Gasteiger partial charge in [-0.15, -0.1) is 0 Å². The van der Waals surface area contributed by atoms with Gasteiger partial charge in [0.2, 0.25) is 5.91 Å². The van der Waals surface area contributed by atoms with Crippen LogP contribution in [0, 0.1) is 10.1 Å². The molecule has 0 radical (unpaired) electrons. The van der Waals surface area contributed by atoms with Gasteiger partial charge in [-0.3, -0.25) is 24.5 Å². The number of thioether (sulfide) groups is 1. The smallest absolute Gasteiger partial charge is 0.273 e. The van der Waals surface area contributed by atoms with Crippen molar-refractivity contribution < 1.29 is 19.3 Å². The number of rotatable bonds is 3. The van der Waals surface area contributed by atoms with E-state index in [0.717, 1.165) is 22.2 Å². The molecule has 2 aliphatic heterocycles. The molecule has 3 amide bonds. The van der Waals surface area contributed by atoms with Crippen LogP contribution in [0.15, 0.2) is 47.6 Å². The fourth-order valence-corrected chi connectivity index (χ4v) is 4.41. The number of carbonyl (C=O) groups excluding carboxylic acids is 3. The summed E-state index contributed by atoms with van der Waals surface area (Å²) in [6.07, 6.45) is 0. The lowest BCUT2D eigenvalue weighted by Crippen LogP contribution is -2.40. The molecule has 31 heavy (non-hydrogen) atoms. The predicted octanol–water partition coefficient (Wildman–Crippen LogP) is 3.61. The van der Waals surface area contributed by atoms with Crippen molar-refractivity contribution in [2.24, 2.45) is 5.10 Å². The highest BCUT2D eigenvalue weighted by Gasteiger charge is 2.47. The van der Waals surface area contributed by atoms with Crippen molar-refractivity contribution >= 4 is 45.9 Å². The van der Waals surface area contributed by atoms with Crippen molar-refractivity contribution in [3.8, 4) is 0 Å². The van der Waals surface area contributed by atoms with Crippen molar-refractivity contribution in [1.82, 2.24) is 5.43 Å². The Morgan fingerprint density at radius 1 is 1.19 bits per heavy atom. The minimum Gasteiger partial charge on any atom is -0.273 e. The first-order valence-electron chi connectivity index (χ1n) is 9.43. The fourth-order valence-electron chi connectivity index (χ4n) is 3.69. The lowest BCUT2D eigenvalue weighted by molar-refractivity contribution is -0.384. The number of amides is 3. The number of non-ortho nitro benzene ring substituents is 1. The van der Waals surface area contributed by atoms with Crippen LogP contribution >= 0.6 is 11.8 Å². The molecule has 10 heteroatoms. The number of hydrogen-bond donors (Lipinski definition) is 1. The fraction of sp³-hybridized carbons (Fsp3) is 0.238. The molecular weight excluding hydrogens is 420 g/mol. The summed E-state index contributed by atoms with van der Waals surface area (Å²) in [5, 5.41) is 14.6. The monoisotopic (exact) mass is 438 g/mol. The van der Waals surface area contributed by atoms with Crippen molar-refractivity contribution in [1.29, 1.82) is 0 Å². The van der Waals surface area contributed by atoms with Crippen molar-refractivity contribution in [2.75, 3.05) is 4.90 Å². The second-order valence-corrected chi connectivity index (χ2v) is 9.08. The lowest BCUT2D eigenvalue weighted by Gasteiger charge is -2.20. The van der Waals surface area contributed by atoms with Crippen LogP contribution < -0.4 is 10.3 Å². The van der Waals surface area contributed by atoms with E-state index < -0.39 is 16.2 Å². The highest BCUT2D eigenvalue weighted by Crippen LogP contribution is 2.43. The van der Waals surface area contributed by atoms with Gasteiger partial charge in [-0.1, -0.05) is 17.8 Å². The molecule has 0 saturated carbocycles. The van der Waals surface area contributed by atoms with E-state index in [1.54, 1.807) is 26.0 Å². The second kappa shape index (κ2) is 7.31. The van der Waals surface area contributed by atoms with E-state index in [1.807, 2.05) is 13.0 Å². The molecular formula is C21H18N4O5S. The van der Waals surface area contributed by atoms with Gasteiger partial charge in [0.25, 0.3) is 16.8 Å². The number of nitro groups is 1. The Bertz CT molecular complexity index is 1170. The molecule has 0 aliphatic carbocycles. The van der Waals surface area contributed by atoms with Crippen LogP contribution in [0.3, 0.4) is 0 Å². The lowest BCUT2D eigenvalue weighted by atomic mass is 9.85. The first-order valence-corrected chi connectivity index (χ1v) is 10.3. The van der Waals surface area contributed by atoms with Gasteiger partial charge in [-0.2, -0.15) is 5.10 Å². The van der Waals surface area contributed by atoms with Crippen LogP contribution in [0.4, 0.5) is 16.2 Å². The number of nitrogens with one attached hydrogen (secondary N) is 1. The maximum atomic E-state index is 13.2. The Labute approximate surface area is 181 Å². The largest absolute Gasteiger partial charge is 0.299 e. The van der Waals surface area contributed by atoms with E-state index in [1.165, 1.54) is 24.3 Å². The first kappa shape index (κ1) is 20.7. The summed E-state index contributed by atoms with van der Waals surface area (Å²) in [5.74, 6) is -0.935. The highest BCUT2D eigenvalue weighted by molar-refractivity contribution is 8.14. The molecule has 0 saturated heterocycles. The van der Waals surface area contributed by atoms with Crippen molar-refractivity contribution in [3.05, 3.63) is 69.3 Å². The van der Waals surface area contributed by atoms with Gasteiger partial charge >= 0.3 is 0 Å². The number of nitro benzene ring substituents is 1. The summed E-state index contributed by atoms with van der Waals surface area (Å²) >= 11 is 1.12. The number of benzene rings is 2. The van der Waals surface area contributed by atoms with Crippen LogP contribution in [-0.2, 0) is 10.2 Å². The Morgan fingerprint density at radius 3 is 2.48 bits per heavy atom. The average molecular weight is 438 g/mol. The number of fused-ring (bicyclic) bond motifs is 1. The van der Waals surface area contributed by atoms with Crippen molar-refractivity contribution in [3.63, 3.8) is 0 Å². The van der Waals surface area contributed by atoms with E-state index >= 15 is 0 Å². The summed E-state index contributed by atoms with van der Waals surface area (Å²) in [4.78, 5) is 49.2. The molecule has 1 unspecified atom stereocenters. The second-order valence-electron chi connectivity index (χ2n) is 7.76. The SMILES string of the molecule is CC1SC(=O)NN=C1c1ccc2c(c1)C(C)(C)C(=O)N2C(=O)c1ccc([N+](=O)[O-])cc1. The molecule has 0 fully saturated rings. The number of nitrogens with zero attached hydrogens (tertiary/aromatic N) is 3. The van der Waals surface area contributed by atoms with Crippen LogP contribution in [0.25, 0.3) is 0 Å². The molecule has 0 aromatic heterocycles. The minimum absolute atomic E-state index is 0.137. The Kier molecular flexibility index (Phi) is 4.89. The maximum absolute atomic E-state index is 13.2. The van der Waals surface area contributed by atoms with Gasteiger partial charge in [-0.25, -0.2) is 10.3 Å². The van der Waals surface area contributed by atoms with Gasteiger partial charge in [0.1, 0.15) is 0 Å². The minimum atomic E-state index is -0.962. The van der Waals surface area contributed by atoms with E-state index in [0.29, 0.717) is 17.0 Å². The van der Waals surface area contributed by atoms with Crippen LogP contribution in [0.5, 0.6) is 0 Å². The molecule has 2 aromatic carbocycles. The number of imide groups is 1. The van der Waals surface area contributed by atoms with Crippen LogP contribution in [0.2, 0.25) is 0 Å². The zero-order chi connectivity index (χ0) is 22.5. The van der Waals surface area contributed by atoms with Gasteiger partial charge in [-0.05, 0) is 56.2 Å². The first-order chi connectivity index (χ1) is 14.6. The highest BCUT2D eigenvalue weighted by atomic mass is 32.2. The van der Waals surface area contributed by atoms with E-state index in [-0.39, 0.29) is 27.6 Å². The summed E-state index contributed by atoms with van der Waals surface area (Å²) in [6.45, 7) is 5.35. The molecule has 2 aliphatic rings. The molecule has 4 rings (SSSR count). The van der Waals surface area contributed by atoms with Gasteiger partial charge in [0, 0.05) is 17.7 Å². The molecule has 2 aromatic rings. The Balaban J connectivity index is 1.74. The van der Waals surface area contributed by atoms with E-state index in [4.69, 9.17) is 0 Å². The maximum Gasteiger partial charge on any atom is 0.299 e. The molecule has 2 heterocycles. The molecule has 1 atom stereocenters. The number of carbonyl (C=O) groups is 3. The quantitative estimate of drug-likeness (QED) is 0.444. The summed E-state index contributed by atoms with van der Waals surface area (Å²) in [5.41, 5.74) is 4.09. The predicted molar refractivity (Wildman–Crippen MR) is 117 cm³/mol. The van der Waals surface area contributed by atoms with E-state index in [2.05, 4.69) is 10.5 Å². The summed E-state index contributed by atoms with van der Waals surface area (Å²) in [7, 11) is 0.